The highest BCUT2D eigenvalue weighted by atomic mass is 35.5. The predicted octanol–water partition coefficient (Wildman–Crippen LogP) is 6.14. The van der Waals surface area contributed by atoms with Crippen molar-refractivity contribution in [3.8, 4) is 0 Å². The monoisotopic (exact) mass is 522 g/mol. The fourth-order valence-electron chi connectivity index (χ4n) is 4.04. The number of aromatic nitrogens is 1. The zero-order chi connectivity index (χ0) is 26.1. The van der Waals surface area contributed by atoms with E-state index in [1.54, 1.807) is 42.5 Å². The van der Waals surface area contributed by atoms with Crippen LogP contribution in [-0.4, -0.2) is 22.4 Å². The van der Waals surface area contributed by atoms with Gasteiger partial charge in [0.25, 0.3) is 5.91 Å². The lowest BCUT2D eigenvalue weighted by Crippen LogP contribution is -2.36. The Bertz CT molecular complexity index is 1520. The first kappa shape index (κ1) is 25.3. The molecule has 0 aliphatic rings. The molecule has 7 nitrogen and oxygen atoms in total. The fraction of sp³-hybridized carbons (Fsp3) is 0.148. The molecule has 4 aromatic rings. The van der Waals surface area contributed by atoms with Crippen molar-refractivity contribution in [3.05, 3.63) is 92.6 Å². The Morgan fingerprint density at radius 3 is 2.11 bits per heavy atom. The predicted molar refractivity (Wildman–Crippen MR) is 145 cm³/mol. The molecule has 4 rings (SSSR count). The number of amides is 3. The topological polar surface area (TPSA) is 92.2 Å². The molecule has 0 radical (unpaired) electrons. The van der Waals surface area contributed by atoms with E-state index in [1.165, 1.54) is 4.68 Å². The van der Waals surface area contributed by atoms with Crippen molar-refractivity contribution in [1.29, 1.82) is 0 Å². The van der Waals surface area contributed by atoms with Gasteiger partial charge in [-0.15, -0.1) is 0 Å². The van der Waals surface area contributed by atoms with Crippen LogP contribution < -0.4 is 16.1 Å². The first-order valence-electron chi connectivity index (χ1n) is 11.1. The SMILES string of the molecule is Cc1cc(C)c(NC(=O)C(=O)Nn2c(C(=O)Nc3ccc(C)c(Cl)c3)cc3cc(Cl)ccc32)c(C)c1. The molecule has 1 heterocycles. The van der Waals surface area contributed by atoms with Crippen LogP contribution in [0.3, 0.4) is 0 Å². The molecule has 0 bridgehead atoms. The third kappa shape index (κ3) is 5.22. The van der Waals surface area contributed by atoms with Crippen molar-refractivity contribution < 1.29 is 14.4 Å². The number of carbonyl (C=O) groups excluding carboxylic acids is 3. The van der Waals surface area contributed by atoms with Crippen LogP contribution >= 0.6 is 23.2 Å². The maximum absolute atomic E-state index is 13.2. The molecule has 0 saturated heterocycles. The summed E-state index contributed by atoms with van der Waals surface area (Å²) in [6.45, 7) is 7.53. The minimum Gasteiger partial charge on any atom is -0.321 e. The van der Waals surface area contributed by atoms with Gasteiger partial charge in [0.05, 0.1) is 5.52 Å². The number of aryl methyl sites for hydroxylation is 4. The van der Waals surface area contributed by atoms with Gasteiger partial charge in [-0.05, 0) is 80.8 Å². The van der Waals surface area contributed by atoms with Crippen molar-refractivity contribution in [2.24, 2.45) is 0 Å². The minimum absolute atomic E-state index is 0.104. The molecule has 184 valence electrons. The van der Waals surface area contributed by atoms with E-state index < -0.39 is 17.7 Å². The van der Waals surface area contributed by atoms with E-state index >= 15 is 0 Å². The summed E-state index contributed by atoms with van der Waals surface area (Å²) in [5.74, 6) is -2.31. The van der Waals surface area contributed by atoms with Crippen molar-refractivity contribution in [2.45, 2.75) is 27.7 Å². The third-order valence-corrected chi connectivity index (χ3v) is 6.40. The molecule has 0 atom stereocenters. The number of fused-ring (bicyclic) bond motifs is 1. The summed E-state index contributed by atoms with van der Waals surface area (Å²) in [7, 11) is 0. The second kappa shape index (κ2) is 10.0. The van der Waals surface area contributed by atoms with Crippen LogP contribution in [0.4, 0.5) is 11.4 Å². The van der Waals surface area contributed by atoms with Gasteiger partial charge in [0, 0.05) is 26.8 Å². The number of hydrogen-bond acceptors (Lipinski definition) is 3. The van der Waals surface area contributed by atoms with E-state index in [-0.39, 0.29) is 5.69 Å². The van der Waals surface area contributed by atoms with Crippen molar-refractivity contribution >= 4 is 63.2 Å². The number of nitrogens with zero attached hydrogens (tertiary/aromatic N) is 1. The van der Waals surface area contributed by atoms with E-state index in [0.717, 1.165) is 22.3 Å². The smallest absolute Gasteiger partial charge is 0.321 e. The number of benzene rings is 3. The maximum Gasteiger partial charge on any atom is 0.328 e. The molecule has 3 N–H and O–H groups in total. The Kier molecular flexibility index (Phi) is 7.06. The Hall–Kier alpha value is -3.81. The van der Waals surface area contributed by atoms with Crippen LogP contribution in [0.1, 0.15) is 32.7 Å². The van der Waals surface area contributed by atoms with Gasteiger partial charge in [0.1, 0.15) is 5.69 Å². The number of carbonyl (C=O) groups is 3. The molecular weight excluding hydrogens is 499 g/mol. The van der Waals surface area contributed by atoms with Crippen molar-refractivity contribution in [2.75, 3.05) is 16.1 Å². The first-order valence-corrected chi connectivity index (χ1v) is 11.9. The Labute approximate surface area is 218 Å². The van der Waals surface area contributed by atoms with Gasteiger partial charge in [-0.25, -0.2) is 4.68 Å². The number of anilines is 2. The Morgan fingerprint density at radius 1 is 0.750 bits per heavy atom. The first-order chi connectivity index (χ1) is 17.0. The van der Waals surface area contributed by atoms with Gasteiger partial charge < -0.3 is 10.6 Å². The summed E-state index contributed by atoms with van der Waals surface area (Å²) in [5.41, 5.74) is 7.80. The van der Waals surface area contributed by atoms with E-state index in [0.29, 0.717) is 32.3 Å². The Balaban J connectivity index is 1.64. The molecular formula is C27H24Cl2N4O3. The second-order valence-corrected chi connectivity index (χ2v) is 9.50. The molecule has 0 aliphatic heterocycles. The summed E-state index contributed by atoms with van der Waals surface area (Å²) in [6, 6.07) is 15.5. The lowest BCUT2D eigenvalue weighted by atomic mass is 10.1. The molecule has 0 aliphatic carbocycles. The number of rotatable bonds is 4. The van der Waals surface area contributed by atoms with E-state index in [9.17, 15) is 14.4 Å². The largest absolute Gasteiger partial charge is 0.328 e. The highest BCUT2D eigenvalue weighted by Gasteiger charge is 2.22. The standard InChI is InChI=1S/C27H24Cl2N4O3/c1-14-9-16(3)24(17(4)10-14)31-26(35)27(36)32-33-22-8-6-19(28)11-18(22)12-23(33)25(34)30-20-7-5-15(2)21(29)13-20/h5-13H,1-4H3,(H,30,34)(H,31,35)(H,32,36). The van der Waals surface area contributed by atoms with Crippen LogP contribution in [0.15, 0.2) is 54.6 Å². The lowest BCUT2D eigenvalue weighted by Gasteiger charge is -2.15. The molecule has 0 spiro atoms. The molecule has 9 heteroatoms. The summed E-state index contributed by atoms with van der Waals surface area (Å²) < 4.78 is 1.27. The molecule has 0 saturated carbocycles. The van der Waals surface area contributed by atoms with E-state index in [4.69, 9.17) is 23.2 Å². The maximum atomic E-state index is 13.2. The second-order valence-electron chi connectivity index (χ2n) is 8.65. The quantitative estimate of drug-likeness (QED) is 0.281. The number of nitrogens with one attached hydrogen (secondary N) is 3. The average molecular weight is 523 g/mol. The Morgan fingerprint density at radius 2 is 1.44 bits per heavy atom. The van der Waals surface area contributed by atoms with Crippen molar-refractivity contribution in [1.82, 2.24) is 4.68 Å². The molecule has 0 unspecified atom stereocenters. The van der Waals surface area contributed by atoms with Crippen LogP contribution in [0, 0.1) is 27.7 Å². The van der Waals surface area contributed by atoms with Crippen LogP contribution in [0.5, 0.6) is 0 Å². The summed E-state index contributed by atoms with van der Waals surface area (Å²) >= 11 is 12.3. The average Bonchev–Trinajstić information content (AvgIpc) is 3.15. The van der Waals surface area contributed by atoms with Gasteiger partial charge in [-0.2, -0.15) is 0 Å². The molecule has 3 aromatic carbocycles. The zero-order valence-corrected chi connectivity index (χ0v) is 21.6. The van der Waals surface area contributed by atoms with Crippen LogP contribution in [0.2, 0.25) is 10.0 Å². The summed E-state index contributed by atoms with van der Waals surface area (Å²) in [5, 5.41) is 7.03. The fourth-order valence-corrected chi connectivity index (χ4v) is 4.40. The third-order valence-electron chi connectivity index (χ3n) is 5.76. The van der Waals surface area contributed by atoms with Crippen molar-refractivity contribution in [3.63, 3.8) is 0 Å². The highest BCUT2D eigenvalue weighted by molar-refractivity contribution is 6.42. The summed E-state index contributed by atoms with van der Waals surface area (Å²) in [6.07, 6.45) is 0. The van der Waals surface area contributed by atoms with Crippen LogP contribution in [-0.2, 0) is 9.59 Å². The molecule has 1 aromatic heterocycles. The summed E-state index contributed by atoms with van der Waals surface area (Å²) in [4.78, 5) is 38.9. The zero-order valence-electron chi connectivity index (χ0n) is 20.1. The van der Waals surface area contributed by atoms with Gasteiger partial charge in [0.2, 0.25) is 0 Å². The number of hydrogen-bond donors (Lipinski definition) is 3. The van der Waals surface area contributed by atoms with Crippen LogP contribution in [0.25, 0.3) is 10.9 Å². The molecule has 0 fully saturated rings. The van der Waals surface area contributed by atoms with Gasteiger partial charge in [-0.1, -0.05) is 47.0 Å². The number of halogens is 2. The van der Waals surface area contributed by atoms with E-state index in [1.807, 2.05) is 39.8 Å². The van der Waals surface area contributed by atoms with Gasteiger partial charge >= 0.3 is 11.8 Å². The lowest BCUT2D eigenvalue weighted by molar-refractivity contribution is -0.133. The highest BCUT2D eigenvalue weighted by Crippen LogP contribution is 2.25. The molecule has 36 heavy (non-hydrogen) atoms. The molecule has 3 amide bonds. The van der Waals surface area contributed by atoms with E-state index in [2.05, 4.69) is 16.1 Å². The minimum atomic E-state index is -0.936. The van der Waals surface area contributed by atoms with Gasteiger partial charge in [0.15, 0.2) is 0 Å². The van der Waals surface area contributed by atoms with Gasteiger partial charge in [-0.3, -0.25) is 19.8 Å². The normalized spacial score (nSPS) is 10.8.